The molecule has 0 saturated heterocycles. The minimum atomic E-state index is 0.0703. The van der Waals surface area contributed by atoms with Crippen LogP contribution in [0.15, 0.2) is 54.6 Å². The Kier molecular flexibility index (Phi) is 4.91. The molecule has 20 heavy (non-hydrogen) atoms. The highest BCUT2D eigenvalue weighted by Gasteiger charge is 2.13. The van der Waals surface area contributed by atoms with Crippen molar-refractivity contribution in [1.29, 1.82) is 0 Å². The van der Waals surface area contributed by atoms with Crippen molar-refractivity contribution in [1.82, 2.24) is 4.90 Å². The van der Waals surface area contributed by atoms with Gasteiger partial charge >= 0.3 is 0 Å². The number of carbonyl (C=O) groups is 1. The lowest BCUT2D eigenvalue weighted by atomic mass is 10.1. The van der Waals surface area contributed by atoms with E-state index >= 15 is 0 Å². The highest BCUT2D eigenvalue weighted by molar-refractivity contribution is 6.00. The SMILES string of the molecule is COc1ccccc1C(=O)CN(C)Cc1ccccc1. The zero-order valence-corrected chi connectivity index (χ0v) is 11.9. The Balaban J connectivity index is 2.00. The number of ketones is 1. The van der Waals surface area contributed by atoms with E-state index < -0.39 is 0 Å². The molecule has 104 valence electrons. The Bertz CT molecular complexity index is 566. The van der Waals surface area contributed by atoms with Crippen molar-refractivity contribution in [2.24, 2.45) is 0 Å². The summed E-state index contributed by atoms with van der Waals surface area (Å²) in [7, 11) is 3.53. The Hall–Kier alpha value is -2.13. The molecule has 0 atom stereocenters. The van der Waals surface area contributed by atoms with Gasteiger partial charge in [-0.15, -0.1) is 0 Å². The van der Waals surface area contributed by atoms with E-state index in [-0.39, 0.29) is 5.78 Å². The van der Waals surface area contributed by atoms with Crippen LogP contribution in [0.5, 0.6) is 5.75 Å². The van der Waals surface area contributed by atoms with Gasteiger partial charge in [0.15, 0.2) is 5.78 Å². The fraction of sp³-hybridized carbons (Fsp3) is 0.235. The molecule has 3 heteroatoms. The molecule has 0 radical (unpaired) electrons. The Morgan fingerprint density at radius 1 is 1.05 bits per heavy atom. The maximum absolute atomic E-state index is 12.3. The molecule has 3 nitrogen and oxygen atoms in total. The summed E-state index contributed by atoms with van der Waals surface area (Å²) in [5.74, 6) is 0.700. The standard InChI is InChI=1S/C17H19NO2/c1-18(12-14-8-4-3-5-9-14)13-16(19)15-10-6-7-11-17(15)20-2/h3-11H,12-13H2,1-2H3. The van der Waals surface area contributed by atoms with Crippen LogP contribution in [0, 0.1) is 0 Å². The molecule has 0 heterocycles. The number of para-hydroxylation sites is 1. The number of Topliss-reactive ketones (excluding diaryl/α,β-unsaturated/α-hetero) is 1. The maximum Gasteiger partial charge on any atom is 0.180 e. The molecular weight excluding hydrogens is 250 g/mol. The third-order valence-corrected chi connectivity index (χ3v) is 3.12. The third-order valence-electron chi connectivity index (χ3n) is 3.12. The molecular formula is C17H19NO2. The number of benzene rings is 2. The molecule has 2 rings (SSSR count). The molecule has 2 aromatic rings. The topological polar surface area (TPSA) is 29.5 Å². The number of methoxy groups -OCH3 is 1. The normalized spacial score (nSPS) is 10.6. The first kappa shape index (κ1) is 14.3. The summed E-state index contributed by atoms with van der Waals surface area (Å²) in [5.41, 5.74) is 1.83. The van der Waals surface area contributed by atoms with Crippen LogP contribution in [-0.4, -0.2) is 31.4 Å². The number of ether oxygens (including phenoxy) is 1. The van der Waals surface area contributed by atoms with Gasteiger partial charge < -0.3 is 4.74 Å². The molecule has 0 saturated carbocycles. The second-order valence-electron chi connectivity index (χ2n) is 4.78. The van der Waals surface area contributed by atoms with Crippen LogP contribution >= 0.6 is 0 Å². The van der Waals surface area contributed by atoms with Crippen LogP contribution < -0.4 is 4.74 Å². The minimum Gasteiger partial charge on any atom is -0.496 e. The molecule has 0 amide bonds. The largest absolute Gasteiger partial charge is 0.496 e. The number of nitrogens with zero attached hydrogens (tertiary/aromatic N) is 1. The van der Waals surface area contributed by atoms with Crippen molar-refractivity contribution in [3.8, 4) is 5.75 Å². The van der Waals surface area contributed by atoms with Crippen molar-refractivity contribution in [3.05, 3.63) is 65.7 Å². The summed E-state index contributed by atoms with van der Waals surface area (Å²) in [6.07, 6.45) is 0. The first-order valence-corrected chi connectivity index (χ1v) is 6.59. The molecule has 0 fully saturated rings. The van der Waals surface area contributed by atoms with Crippen LogP contribution in [0.25, 0.3) is 0 Å². The Morgan fingerprint density at radius 3 is 2.40 bits per heavy atom. The molecule has 0 aliphatic rings. The van der Waals surface area contributed by atoms with E-state index in [9.17, 15) is 4.79 Å². The fourth-order valence-corrected chi connectivity index (χ4v) is 2.16. The smallest absolute Gasteiger partial charge is 0.180 e. The van der Waals surface area contributed by atoms with E-state index in [1.165, 1.54) is 5.56 Å². The van der Waals surface area contributed by atoms with Gasteiger partial charge in [-0.1, -0.05) is 42.5 Å². The van der Waals surface area contributed by atoms with Crippen molar-refractivity contribution < 1.29 is 9.53 Å². The van der Waals surface area contributed by atoms with Gasteiger partial charge in [-0.05, 0) is 24.7 Å². The van der Waals surface area contributed by atoms with Gasteiger partial charge in [0.05, 0.1) is 19.2 Å². The van der Waals surface area contributed by atoms with Gasteiger partial charge in [-0.3, -0.25) is 9.69 Å². The monoisotopic (exact) mass is 269 g/mol. The summed E-state index contributed by atoms with van der Waals surface area (Å²) in [5, 5.41) is 0. The second-order valence-corrected chi connectivity index (χ2v) is 4.78. The number of likely N-dealkylation sites (N-methyl/N-ethyl adjacent to an activating group) is 1. The van der Waals surface area contributed by atoms with Crippen LogP contribution in [0.1, 0.15) is 15.9 Å². The quantitative estimate of drug-likeness (QED) is 0.755. The van der Waals surface area contributed by atoms with Gasteiger partial charge in [0, 0.05) is 6.54 Å². The van der Waals surface area contributed by atoms with Gasteiger partial charge in [0.25, 0.3) is 0 Å². The molecule has 0 N–H and O–H groups in total. The molecule has 0 aromatic heterocycles. The van der Waals surface area contributed by atoms with Gasteiger partial charge in [-0.2, -0.15) is 0 Å². The average Bonchev–Trinajstić information content (AvgIpc) is 2.48. The zero-order valence-electron chi connectivity index (χ0n) is 11.9. The van der Waals surface area contributed by atoms with E-state index in [0.29, 0.717) is 17.9 Å². The predicted octanol–water partition coefficient (Wildman–Crippen LogP) is 3.01. The summed E-state index contributed by atoms with van der Waals surface area (Å²) < 4.78 is 5.23. The fourth-order valence-electron chi connectivity index (χ4n) is 2.16. The molecule has 0 aliphatic heterocycles. The zero-order chi connectivity index (χ0) is 14.4. The predicted molar refractivity (Wildman–Crippen MR) is 80.1 cm³/mol. The lowest BCUT2D eigenvalue weighted by Crippen LogP contribution is -2.25. The third kappa shape index (κ3) is 3.68. The molecule has 2 aromatic carbocycles. The molecule has 0 unspecified atom stereocenters. The lowest BCUT2D eigenvalue weighted by molar-refractivity contribution is 0.0940. The first-order chi connectivity index (χ1) is 9.70. The van der Waals surface area contributed by atoms with Gasteiger partial charge in [0.2, 0.25) is 0 Å². The van der Waals surface area contributed by atoms with Gasteiger partial charge in [0.1, 0.15) is 5.75 Å². The Labute approximate surface area is 119 Å². The highest BCUT2D eigenvalue weighted by atomic mass is 16.5. The highest BCUT2D eigenvalue weighted by Crippen LogP contribution is 2.18. The van der Waals surface area contributed by atoms with E-state index in [2.05, 4.69) is 12.1 Å². The Morgan fingerprint density at radius 2 is 1.70 bits per heavy atom. The van der Waals surface area contributed by atoms with Crippen molar-refractivity contribution >= 4 is 5.78 Å². The lowest BCUT2D eigenvalue weighted by Gasteiger charge is -2.16. The number of hydrogen-bond donors (Lipinski definition) is 0. The second kappa shape index (κ2) is 6.87. The molecule has 0 aliphatic carbocycles. The molecule has 0 bridgehead atoms. The van der Waals surface area contributed by atoms with E-state index in [1.807, 2.05) is 48.3 Å². The first-order valence-electron chi connectivity index (χ1n) is 6.59. The summed E-state index contributed by atoms with van der Waals surface area (Å²) in [6.45, 7) is 1.12. The van der Waals surface area contributed by atoms with Crippen molar-refractivity contribution in [3.63, 3.8) is 0 Å². The number of carbonyl (C=O) groups excluding carboxylic acids is 1. The number of rotatable bonds is 6. The summed E-state index contributed by atoms with van der Waals surface area (Å²) in [6, 6.07) is 17.5. The minimum absolute atomic E-state index is 0.0703. The van der Waals surface area contributed by atoms with E-state index in [0.717, 1.165) is 6.54 Å². The van der Waals surface area contributed by atoms with Crippen LogP contribution in [-0.2, 0) is 6.54 Å². The van der Waals surface area contributed by atoms with E-state index in [4.69, 9.17) is 4.74 Å². The van der Waals surface area contributed by atoms with Crippen LogP contribution in [0.2, 0.25) is 0 Å². The average molecular weight is 269 g/mol. The number of hydrogen-bond acceptors (Lipinski definition) is 3. The van der Waals surface area contributed by atoms with Crippen molar-refractivity contribution in [2.45, 2.75) is 6.54 Å². The molecule has 0 spiro atoms. The van der Waals surface area contributed by atoms with Crippen LogP contribution in [0.4, 0.5) is 0 Å². The van der Waals surface area contributed by atoms with Crippen LogP contribution in [0.3, 0.4) is 0 Å². The maximum atomic E-state index is 12.3. The summed E-state index contributed by atoms with van der Waals surface area (Å²) >= 11 is 0. The van der Waals surface area contributed by atoms with Gasteiger partial charge in [-0.25, -0.2) is 0 Å². The van der Waals surface area contributed by atoms with Crippen molar-refractivity contribution in [2.75, 3.05) is 20.7 Å². The van der Waals surface area contributed by atoms with E-state index in [1.54, 1.807) is 13.2 Å². The summed E-state index contributed by atoms with van der Waals surface area (Å²) in [4.78, 5) is 14.3.